The zero-order valence-electron chi connectivity index (χ0n) is 71.5. The van der Waals surface area contributed by atoms with Crippen LogP contribution < -0.4 is 76.7 Å². The number of nitro groups is 3. The molecule has 3 aromatic heterocycles. The highest BCUT2D eigenvalue weighted by atomic mass is 35.5. The molecule has 0 saturated carbocycles. The van der Waals surface area contributed by atoms with Crippen molar-refractivity contribution in [3.8, 4) is 17.2 Å². The zero-order valence-corrected chi connectivity index (χ0v) is 76.5. The number of morpholine rings is 1. The van der Waals surface area contributed by atoms with E-state index in [2.05, 4.69) is 91.2 Å². The van der Waals surface area contributed by atoms with Crippen molar-refractivity contribution in [3.63, 3.8) is 0 Å². The Morgan fingerprint density at radius 2 is 0.640 bits per heavy atom. The predicted molar refractivity (Wildman–Crippen MR) is 501 cm³/mol. The summed E-state index contributed by atoms with van der Waals surface area (Å²) in [6.07, 6.45) is 16.3. The first-order valence-corrected chi connectivity index (χ1v) is 50.6. The van der Waals surface area contributed by atoms with Gasteiger partial charge < -0.3 is 89.0 Å². The molecule has 0 unspecified atom stereocenters. The Morgan fingerprint density at radius 3 is 0.904 bits per heavy atom. The highest BCUT2D eigenvalue weighted by Gasteiger charge is 2.36. The molecule has 6 aliphatic rings. The van der Waals surface area contributed by atoms with Crippen LogP contribution in [-0.2, 0) is 18.4 Å². The Hall–Kier alpha value is -10.2. The number of benzene rings is 6. The zero-order chi connectivity index (χ0) is 88.9. The van der Waals surface area contributed by atoms with Crippen molar-refractivity contribution in [2.45, 2.75) is 88.8 Å². The summed E-state index contributed by atoms with van der Waals surface area (Å²) in [5.74, 6) is 2.67. The van der Waals surface area contributed by atoms with Gasteiger partial charge in [0.2, 0.25) is 17.8 Å². The third-order valence-corrected chi connectivity index (χ3v) is 28.7. The number of hydrogen-bond donors (Lipinski definition) is 6. The van der Waals surface area contributed by atoms with Gasteiger partial charge in [-0.2, -0.15) is 15.0 Å². The van der Waals surface area contributed by atoms with Crippen molar-refractivity contribution in [1.82, 2.24) is 44.6 Å². The van der Waals surface area contributed by atoms with Crippen LogP contribution in [0.2, 0.25) is 15.1 Å². The van der Waals surface area contributed by atoms with Crippen molar-refractivity contribution < 1.29 is 47.4 Å². The molecule has 6 fully saturated rings. The minimum absolute atomic E-state index is 0.0161. The number of para-hydroxylation sites is 3. The largest absolute Gasteiger partial charge is 0.494 e. The maximum Gasteiger partial charge on any atom is 0.294 e. The Bertz CT molecular complexity index is 5280. The van der Waals surface area contributed by atoms with Gasteiger partial charge in [0, 0.05) is 123 Å². The number of methoxy groups -OCH3 is 3. The molecule has 6 aliphatic heterocycles. The number of anilines is 15. The van der Waals surface area contributed by atoms with Gasteiger partial charge in [0.05, 0.1) is 102 Å². The third kappa shape index (κ3) is 23.3. The summed E-state index contributed by atoms with van der Waals surface area (Å²) in [5.41, 5.74) is 4.45. The summed E-state index contributed by atoms with van der Waals surface area (Å²) in [6, 6.07) is 32.8. The molecule has 125 heavy (non-hydrogen) atoms. The lowest BCUT2D eigenvalue weighted by molar-refractivity contribution is -0.384. The molecular formula is C85H107Cl3N21O13P3. The Kier molecular flexibility index (Phi) is 30.7. The fourth-order valence-corrected chi connectivity index (χ4v) is 20.7. The average molecular weight is 1830 g/mol. The van der Waals surface area contributed by atoms with E-state index in [1.54, 1.807) is 94.6 Å². The lowest BCUT2D eigenvalue weighted by Crippen LogP contribution is -2.49. The number of ether oxygens (including phenoxy) is 4. The summed E-state index contributed by atoms with van der Waals surface area (Å²) >= 11 is 19.2. The second kappa shape index (κ2) is 41.5. The lowest BCUT2D eigenvalue weighted by Gasteiger charge is -2.40. The van der Waals surface area contributed by atoms with Crippen molar-refractivity contribution in [3.05, 3.63) is 173 Å². The van der Waals surface area contributed by atoms with Crippen LogP contribution in [0.4, 0.5) is 104 Å². The van der Waals surface area contributed by atoms with Gasteiger partial charge in [-0.25, -0.2) is 15.0 Å². The summed E-state index contributed by atoms with van der Waals surface area (Å²) in [6.45, 7) is 22.5. The van der Waals surface area contributed by atoms with Crippen molar-refractivity contribution in [2.24, 2.45) is 0 Å². The third-order valence-electron chi connectivity index (χ3n) is 23.2. The van der Waals surface area contributed by atoms with Crippen molar-refractivity contribution in [2.75, 3.05) is 200 Å². The fraction of sp³-hybridized carbons (Fsp3) is 0.435. The van der Waals surface area contributed by atoms with Crippen LogP contribution in [0.3, 0.4) is 0 Å². The van der Waals surface area contributed by atoms with E-state index in [1.165, 1.54) is 90.2 Å². The minimum atomic E-state index is -2.58. The second-order valence-electron chi connectivity index (χ2n) is 32.6. The second-order valence-corrected chi connectivity index (χ2v) is 43.3. The summed E-state index contributed by atoms with van der Waals surface area (Å²) < 4.78 is 60.8. The van der Waals surface area contributed by atoms with E-state index in [0.29, 0.717) is 133 Å². The lowest BCUT2D eigenvalue weighted by atomic mass is 9.99. The minimum Gasteiger partial charge on any atom is -0.494 e. The summed E-state index contributed by atoms with van der Waals surface area (Å²) in [5, 5.41) is 58.0. The number of hydrogen-bond acceptors (Lipinski definition) is 31. The number of rotatable bonds is 27. The van der Waals surface area contributed by atoms with E-state index in [-0.39, 0.29) is 64.7 Å². The average Bonchev–Trinajstić information content (AvgIpc) is 0.918. The number of halogens is 3. The maximum atomic E-state index is 12.8. The molecule has 0 atom stereocenters. The number of likely N-dealkylation sites (tertiary alicyclic amines) is 2. The molecule has 34 nitrogen and oxygen atoms in total. The molecule has 0 radical (unpaired) electrons. The van der Waals surface area contributed by atoms with Crippen LogP contribution in [0, 0.1) is 30.3 Å². The Morgan fingerprint density at radius 1 is 0.376 bits per heavy atom. The molecule has 0 bridgehead atoms. The summed E-state index contributed by atoms with van der Waals surface area (Å²) in [7, 11) is -3.17. The van der Waals surface area contributed by atoms with Gasteiger partial charge in [-0.05, 0) is 167 Å². The molecule has 9 heterocycles. The smallest absolute Gasteiger partial charge is 0.294 e. The van der Waals surface area contributed by atoms with Gasteiger partial charge in [-0.3, -0.25) is 35.2 Å². The molecule has 6 N–H and O–H groups in total. The van der Waals surface area contributed by atoms with Crippen LogP contribution in [0.5, 0.6) is 17.2 Å². The van der Waals surface area contributed by atoms with Crippen molar-refractivity contribution in [1.29, 1.82) is 0 Å². The Balaban J connectivity index is 0.000000161. The molecule has 0 spiro atoms. The molecule has 0 amide bonds. The van der Waals surface area contributed by atoms with E-state index in [9.17, 15) is 44.0 Å². The highest BCUT2D eigenvalue weighted by molar-refractivity contribution is 7.71. The molecule has 6 saturated heterocycles. The molecular weight excluding hydrogens is 1720 g/mol. The van der Waals surface area contributed by atoms with Crippen LogP contribution in [-0.4, -0.2) is 231 Å². The van der Waals surface area contributed by atoms with Crippen LogP contribution in [0.1, 0.15) is 70.6 Å². The van der Waals surface area contributed by atoms with Gasteiger partial charge >= 0.3 is 0 Å². The van der Waals surface area contributed by atoms with Gasteiger partial charge in [-0.1, -0.05) is 77.6 Å². The monoisotopic (exact) mass is 1830 g/mol. The predicted octanol–water partition coefficient (Wildman–Crippen LogP) is 17.2. The number of nitro benzene ring substituents is 3. The standard InChI is InChI=1S/C29H37ClN7O4P.C28H35ClN7O5P.C28H35ClN7O4P/c1-41-26-18-24(36-15-11-20(12-16-36)35-13-7-4-8-14-35)25(37(38)39)17-23(26)33-29-31-19-21(30)28(34-29)32-22-9-5-6-10-27(22)42(2,3)40;1-40-25-17-23(35-10-8-19(9-11-35)34-12-14-41-15-13-34)24(36(37)38)16-22(25)32-28-30-18-20(29)27(33-28)31-21-6-4-5-7-26(21)42(2,3)39;1-40-25-17-23(35-14-10-19(11-15-35)34-12-6-7-13-34)24(36(37)38)16-22(25)32-28-30-18-20(29)27(33-28)31-21-8-4-5-9-26(21)41(2,3)39/h5-6,9-10,17-20H,4,7-8,11-16H2,1-3H3,(H2,31,32,33,34);4-7,16-19H,8-15H2,1-3H3,(H2,30,31,32,33);4-5,8-9,16-19H,6-7,10-15H2,1-3H3,(H2,30,31,32,33). The maximum absolute atomic E-state index is 12.8. The first kappa shape index (κ1) is 92.4. The van der Waals surface area contributed by atoms with Crippen molar-refractivity contribution >= 4 is 176 Å². The van der Waals surface area contributed by atoms with E-state index >= 15 is 0 Å². The molecule has 15 rings (SSSR count). The highest BCUT2D eigenvalue weighted by Crippen LogP contribution is 2.47. The van der Waals surface area contributed by atoms with Gasteiger partial charge in [0.1, 0.15) is 70.8 Å². The number of aromatic nitrogens is 6. The van der Waals surface area contributed by atoms with Gasteiger partial charge in [0.15, 0.2) is 17.5 Å². The molecule has 9 aromatic rings. The fourth-order valence-electron chi connectivity index (χ4n) is 16.9. The number of nitrogens with zero attached hydrogens (tertiary/aromatic N) is 15. The normalized spacial score (nSPS) is 16.7. The van der Waals surface area contributed by atoms with E-state index in [4.69, 9.17) is 53.8 Å². The first-order valence-electron chi connectivity index (χ1n) is 41.7. The summed E-state index contributed by atoms with van der Waals surface area (Å²) in [4.78, 5) is 75.6. The van der Waals surface area contributed by atoms with E-state index in [0.717, 1.165) is 117 Å². The molecule has 0 aliphatic carbocycles. The molecule has 666 valence electrons. The van der Waals surface area contributed by atoms with Crippen LogP contribution in [0.25, 0.3) is 0 Å². The van der Waals surface area contributed by atoms with Crippen LogP contribution in [0.15, 0.2) is 128 Å². The SMILES string of the molecule is COc1cc(N2CCC(N3CCCC3)CC2)c([N+](=O)[O-])cc1Nc1ncc(Cl)c(Nc2ccccc2P(C)(C)=O)n1.COc1cc(N2CCC(N3CCCCC3)CC2)c([N+](=O)[O-])cc1Nc1ncc(Cl)c(Nc2ccccc2P(C)(C)=O)n1.COc1cc(N2CCC(N3CCOCC3)CC2)c([N+](=O)[O-])cc1Nc1ncc(Cl)c(Nc2ccccc2P(C)(C)=O)n1. The first-order chi connectivity index (χ1) is 59.9. The quantitative estimate of drug-likeness (QED) is 0.0158. The van der Waals surface area contributed by atoms with Gasteiger partial charge in [-0.15, -0.1) is 0 Å². The van der Waals surface area contributed by atoms with E-state index < -0.39 is 21.4 Å². The van der Waals surface area contributed by atoms with Gasteiger partial charge in [0.25, 0.3) is 17.1 Å². The van der Waals surface area contributed by atoms with E-state index in [1.807, 2.05) is 36.4 Å². The Labute approximate surface area is 742 Å². The number of piperidine rings is 4. The molecule has 40 heteroatoms. The molecule has 6 aromatic carbocycles. The van der Waals surface area contributed by atoms with Crippen LogP contribution >= 0.6 is 56.2 Å². The number of nitrogens with one attached hydrogen (secondary N) is 6. The topological polar surface area (TPSA) is 387 Å².